The maximum atomic E-state index is 12.1. The zero-order valence-corrected chi connectivity index (χ0v) is 14.1. The molecule has 0 unspecified atom stereocenters. The molecule has 0 saturated carbocycles. The molecule has 0 radical (unpaired) electrons. The van der Waals surface area contributed by atoms with E-state index in [2.05, 4.69) is 65.8 Å². The van der Waals surface area contributed by atoms with Crippen molar-refractivity contribution in [3.8, 4) is 0 Å². The number of amides is 1. The minimum absolute atomic E-state index is 0.00999. The third-order valence-electron chi connectivity index (χ3n) is 4.31. The largest absolute Gasteiger partial charge is 0.334 e. The van der Waals surface area contributed by atoms with Gasteiger partial charge in [-0.25, -0.2) is 0 Å². The van der Waals surface area contributed by atoms with E-state index in [1.54, 1.807) is 0 Å². The zero-order valence-electron chi connectivity index (χ0n) is 12.6. The first-order valence-electron chi connectivity index (χ1n) is 7.36. The van der Waals surface area contributed by atoms with Gasteiger partial charge in [0, 0.05) is 23.5 Å². The Labute approximate surface area is 139 Å². The van der Waals surface area contributed by atoms with Crippen molar-refractivity contribution in [2.24, 2.45) is 0 Å². The number of benzene rings is 2. The van der Waals surface area contributed by atoms with Crippen LogP contribution >= 0.6 is 15.9 Å². The first kappa shape index (κ1) is 15.0. The summed E-state index contributed by atoms with van der Waals surface area (Å²) in [4.78, 5) is 14.0. The van der Waals surface area contributed by atoms with Crippen LogP contribution in [0, 0.1) is 6.92 Å². The van der Waals surface area contributed by atoms with Gasteiger partial charge in [-0.05, 0) is 41.3 Å². The molecule has 3 rings (SSSR count). The molecule has 0 N–H and O–H groups in total. The van der Waals surface area contributed by atoms with Crippen LogP contribution in [0.25, 0.3) is 0 Å². The minimum Gasteiger partial charge on any atom is -0.334 e. The Morgan fingerprint density at radius 1 is 1.27 bits per heavy atom. The highest BCUT2D eigenvalue weighted by Crippen LogP contribution is 2.39. The average Bonchev–Trinajstić information content (AvgIpc) is 2.54. The molecule has 112 valence electrons. The SMILES string of the molecule is C=CC(=O)N1Cc2cccc(Br)c2[C@@H](c2ccccc2C)C1. The number of hydrogen-bond acceptors (Lipinski definition) is 1. The highest BCUT2D eigenvalue weighted by Gasteiger charge is 2.30. The number of nitrogens with zero attached hydrogens (tertiary/aromatic N) is 1. The fourth-order valence-electron chi connectivity index (χ4n) is 3.22. The van der Waals surface area contributed by atoms with Crippen molar-refractivity contribution in [3.63, 3.8) is 0 Å². The van der Waals surface area contributed by atoms with Crippen molar-refractivity contribution < 1.29 is 4.79 Å². The monoisotopic (exact) mass is 355 g/mol. The van der Waals surface area contributed by atoms with E-state index in [9.17, 15) is 4.79 Å². The van der Waals surface area contributed by atoms with E-state index in [1.165, 1.54) is 28.3 Å². The van der Waals surface area contributed by atoms with Crippen LogP contribution < -0.4 is 0 Å². The summed E-state index contributed by atoms with van der Waals surface area (Å²) < 4.78 is 1.11. The molecule has 0 bridgehead atoms. The topological polar surface area (TPSA) is 20.3 Å². The van der Waals surface area contributed by atoms with Gasteiger partial charge in [-0.1, -0.05) is 58.9 Å². The van der Waals surface area contributed by atoms with Gasteiger partial charge in [0.25, 0.3) is 0 Å². The highest BCUT2D eigenvalue weighted by atomic mass is 79.9. The molecule has 0 aliphatic carbocycles. The first-order valence-corrected chi connectivity index (χ1v) is 8.15. The molecule has 1 aliphatic rings. The molecular weight excluding hydrogens is 338 g/mol. The predicted molar refractivity (Wildman–Crippen MR) is 92.8 cm³/mol. The molecule has 0 saturated heterocycles. The Morgan fingerprint density at radius 3 is 2.77 bits per heavy atom. The van der Waals surface area contributed by atoms with Crippen LogP contribution in [0.1, 0.15) is 28.2 Å². The van der Waals surface area contributed by atoms with Crippen molar-refractivity contribution >= 4 is 21.8 Å². The number of halogens is 1. The normalized spacial score (nSPS) is 17.0. The Bertz CT molecular complexity index is 738. The van der Waals surface area contributed by atoms with E-state index in [1.807, 2.05) is 11.0 Å². The van der Waals surface area contributed by atoms with Crippen molar-refractivity contribution in [1.29, 1.82) is 0 Å². The van der Waals surface area contributed by atoms with E-state index in [-0.39, 0.29) is 11.8 Å². The van der Waals surface area contributed by atoms with Crippen LogP contribution in [0.4, 0.5) is 0 Å². The highest BCUT2D eigenvalue weighted by molar-refractivity contribution is 9.10. The number of carbonyl (C=O) groups excluding carboxylic acids is 1. The van der Waals surface area contributed by atoms with Crippen LogP contribution in [0.3, 0.4) is 0 Å². The van der Waals surface area contributed by atoms with Gasteiger partial charge in [-0.15, -0.1) is 0 Å². The maximum absolute atomic E-state index is 12.1. The number of hydrogen-bond donors (Lipinski definition) is 0. The summed E-state index contributed by atoms with van der Waals surface area (Å²) in [5, 5.41) is 0. The van der Waals surface area contributed by atoms with Crippen LogP contribution in [-0.2, 0) is 11.3 Å². The minimum atomic E-state index is -0.00999. The summed E-state index contributed by atoms with van der Waals surface area (Å²) in [6.07, 6.45) is 1.40. The van der Waals surface area contributed by atoms with Crippen LogP contribution in [0.2, 0.25) is 0 Å². The Hall–Kier alpha value is -1.87. The fourth-order valence-corrected chi connectivity index (χ4v) is 3.90. The quantitative estimate of drug-likeness (QED) is 0.730. The number of rotatable bonds is 2. The Kier molecular flexibility index (Phi) is 4.16. The lowest BCUT2D eigenvalue weighted by molar-refractivity contribution is -0.127. The molecule has 0 fully saturated rings. The van der Waals surface area contributed by atoms with E-state index in [0.717, 1.165) is 4.47 Å². The van der Waals surface area contributed by atoms with Crippen LogP contribution in [-0.4, -0.2) is 17.4 Å². The van der Waals surface area contributed by atoms with Crippen molar-refractivity contribution in [2.75, 3.05) is 6.54 Å². The van der Waals surface area contributed by atoms with Crippen molar-refractivity contribution in [1.82, 2.24) is 4.90 Å². The standard InChI is InChI=1S/C19H18BrNO/c1-3-18(22)21-11-14-8-6-10-17(20)19(14)16(12-21)15-9-5-4-7-13(15)2/h3-10,16H,1,11-12H2,2H3/t16-/m1/s1. The third kappa shape index (κ3) is 2.61. The van der Waals surface area contributed by atoms with E-state index in [0.29, 0.717) is 13.1 Å². The van der Waals surface area contributed by atoms with Gasteiger partial charge in [0.2, 0.25) is 5.91 Å². The predicted octanol–water partition coefficient (Wildman–Crippen LogP) is 4.42. The summed E-state index contributed by atoms with van der Waals surface area (Å²) in [5.74, 6) is 0.175. The summed E-state index contributed by atoms with van der Waals surface area (Å²) in [6, 6.07) is 14.6. The number of fused-ring (bicyclic) bond motifs is 1. The van der Waals surface area contributed by atoms with E-state index >= 15 is 0 Å². The summed E-state index contributed by atoms with van der Waals surface area (Å²) in [5.41, 5.74) is 5.02. The van der Waals surface area contributed by atoms with Crippen LogP contribution in [0.5, 0.6) is 0 Å². The average molecular weight is 356 g/mol. The van der Waals surface area contributed by atoms with Gasteiger partial charge in [0.05, 0.1) is 0 Å². The Balaban J connectivity index is 2.14. The maximum Gasteiger partial charge on any atom is 0.246 e. The Morgan fingerprint density at radius 2 is 2.05 bits per heavy atom. The molecule has 3 heteroatoms. The van der Waals surface area contributed by atoms with E-state index in [4.69, 9.17) is 0 Å². The molecule has 2 nitrogen and oxygen atoms in total. The van der Waals surface area contributed by atoms with Crippen molar-refractivity contribution in [3.05, 3.63) is 81.8 Å². The second-order valence-electron chi connectivity index (χ2n) is 5.64. The molecular formula is C19H18BrNO. The second-order valence-corrected chi connectivity index (χ2v) is 6.50. The van der Waals surface area contributed by atoms with Gasteiger partial charge in [0.1, 0.15) is 0 Å². The molecule has 1 heterocycles. The molecule has 1 atom stereocenters. The van der Waals surface area contributed by atoms with Gasteiger partial charge < -0.3 is 4.90 Å². The lowest BCUT2D eigenvalue weighted by Gasteiger charge is -2.35. The van der Waals surface area contributed by atoms with Gasteiger partial charge in [-0.3, -0.25) is 4.79 Å². The van der Waals surface area contributed by atoms with Gasteiger partial charge >= 0.3 is 0 Å². The zero-order chi connectivity index (χ0) is 15.7. The second kappa shape index (κ2) is 6.09. The van der Waals surface area contributed by atoms with Crippen LogP contribution in [0.15, 0.2) is 59.6 Å². The molecule has 0 spiro atoms. The fraction of sp³-hybridized carbons (Fsp3) is 0.211. The lowest BCUT2D eigenvalue weighted by atomic mass is 9.83. The summed E-state index contributed by atoms with van der Waals surface area (Å²) in [7, 11) is 0. The molecule has 1 aliphatic heterocycles. The van der Waals surface area contributed by atoms with Crippen molar-refractivity contribution in [2.45, 2.75) is 19.4 Å². The van der Waals surface area contributed by atoms with E-state index < -0.39 is 0 Å². The van der Waals surface area contributed by atoms with Gasteiger partial charge in [-0.2, -0.15) is 0 Å². The molecule has 2 aromatic carbocycles. The lowest BCUT2D eigenvalue weighted by Crippen LogP contribution is -2.38. The number of carbonyl (C=O) groups is 1. The molecule has 0 aromatic heterocycles. The number of aryl methyl sites for hydroxylation is 1. The third-order valence-corrected chi connectivity index (χ3v) is 5.00. The summed E-state index contributed by atoms with van der Waals surface area (Å²) in [6.45, 7) is 7.08. The molecule has 1 amide bonds. The first-order chi connectivity index (χ1) is 10.6. The van der Waals surface area contributed by atoms with Gasteiger partial charge in [0.15, 0.2) is 0 Å². The molecule has 22 heavy (non-hydrogen) atoms. The molecule has 2 aromatic rings. The smallest absolute Gasteiger partial charge is 0.246 e. The summed E-state index contributed by atoms with van der Waals surface area (Å²) >= 11 is 3.69.